The lowest BCUT2D eigenvalue weighted by atomic mass is 10.1. The average molecular weight is 192 g/mol. The normalized spacial score (nSPS) is 11.4. The van der Waals surface area contributed by atoms with Gasteiger partial charge >= 0.3 is 0 Å². The van der Waals surface area contributed by atoms with Crippen LogP contribution in [0.3, 0.4) is 0 Å². The van der Waals surface area contributed by atoms with E-state index in [4.69, 9.17) is 0 Å². The minimum absolute atomic E-state index is 0.453. The number of hydrogen-bond donors (Lipinski definition) is 0. The second-order valence-corrected chi connectivity index (χ2v) is 4.40. The Morgan fingerprint density at radius 3 is 2.77 bits per heavy atom. The summed E-state index contributed by atoms with van der Waals surface area (Å²) in [6.45, 7) is 6.31. The zero-order valence-corrected chi connectivity index (χ0v) is 8.85. The van der Waals surface area contributed by atoms with E-state index in [1.165, 1.54) is 10.1 Å². The highest BCUT2D eigenvalue weighted by Crippen LogP contribution is 2.28. The quantitative estimate of drug-likeness (QED) is 0.693. The van der Waals surface area contributed by atoms with E-state index < -0.39 is 0 Å². The molecule has 0 atom stereocenters. The van der Waals surface area contributed by atoms with E-state index in [1.54, 1.807) is 11.3 Å². The molecule has 68 valence electrons. The Morgan fingerprint density at radius 1 is 1.31 bits per heavy atom. The topological polar surface area (TPSA) is 25.8 Å². The third-order valence-electron chi connectivity index (χ3n) is 2.14. The minimum atomic E-state index is 0.453. The molecule has 2 heterocycles. The predicted octanol–water partition coefficient (Wildman–Crippen LogP) is 3.12. The van der Waals surface area contributed by atoms with E-state index in [2.05, 4.69) is 35.5 Å². The molecule has 0 saturated carbocycles. The van der Waals surface area contributed by atoms with Gasteiger partial charge in [-0.1, -0.05) is 13.8 Å². The van der Waals surface area contributed by atoms with Crippen LogP contribution in [-0.2, 0) is 0 Å². The van der Waals surface area contributed by atoms with Crippen molar-refractivity contribution in [3.05, 3.63) is 22.8 Å². The monoisotopic (exact) mass is 192 g/mol. The highest BCUT2D eigenvalue weighted by Gasteiger charge is 2.10. The third kappa shape index (κ3) is 1.33. The number of nitrogens with zero attached hydrogens (tertiary/aromatic N) is 2. The van der Waals surface area contributed by atoms with E-state index in [9.17, 15) is 0 Å². The van der Waals surface area contributed by atoms with Crippen LogP contribution in [0.15, 0.2) is 11.4 Å². The van der Waals surface area contributed by atoms with Crippen LogP contribution >= 0.6 is 11.3 Å². The van der Waals surface area contributed by atoms with Crippen LogP contribution in [-0.4, -0.2) is 10.2 Å². The van der Waals surface area contributed by atoms with Gasteiger partial charge in [-0.2, -0.15) is 10.2 Å². The first-order chi connectivity index (χ1) is 6.20. The molecule has 0 saturated heterocycles. The molecule has 0 aliphatic carbocycles. The largest absolute Gasteiger partial charge is 0.155 e. The van der Waals surface area contributed by atoms with Crippen LogP contribution in [0.4, 0.5) is 0 Å². The number of aromatic nitrogens is 2. The maximum Gasteiger partial charge on any atom is 0.0834 e. The van der Waals surface area contributed by atoms with Crippen LogP contribution < -0.4 is 0 Å². The van der Waals surface area contributed by atoms with Gasteiger partial charge < -0.3 is 0 Å². The highest BCUT2D eigenvalue weighted by molar-refractivity contribution is 7.17. The number of thiophene rings is 1. The van der Waals surface area contributed by atoms with Crippen molar-refractivity contribution in [2.75, 3.05) is 0 Å². The molecule has 0 bridgehead atoms. The predicted molar refractivity (Wildman–Crippen MR) is 56.2 cm³/mol. The molecule has 0 unspecified atom stereocenters. The van der Waals surface area contributed by atoms with Gasteiger partial charge in [0.2, 0.25) is 0 Å². The number of aryl methyl sites for hydroxylation is 1. The molecule has 0 fully saturated rings. The Morgan fingerprint density at radius 2 is 2.08 bits per heavy atom. The van der Waals surface area contributed by atoms with Gasteiger partial charge in [-0.3, -0.25) is 0 Å². The smallest absolute Gasteiger partial charge is 0.0834 e. The van der Waals surface area contributed by atoms with E-state index in [-0.39, 0.29) is 0 Å². The van der Waals surface area contributed by atoms with Crippen molar-refractivity contribution >= 4 is 21.4 Å². The molecular formula is C10H12N2S. The summed E-state index contributed by atoms with van der Waals surface area (Å²) < 4.78 is 1.29. The van der Waals surface area contributed by atoms with E-state index in [0.717, 1.165) is 11.4 Å². The van der Waals surface area contributed by atoms with Crippen LogP contribution in [0.1, 0.15) is 31.2 Å². The fourth-order valence-electron chi connectivity index (χ4n) is 1.40. The van der Waals surface area contributed by atoms with Crippen LogP contribution in [0.25, 0.3) is 10.1 Å². The van der Waals surface area contributed by atoms with Gasteiger partial charge in [-0.25, -0.2) is 0 Å². The van der Waals surface area contributed by atoms with Crippen molar-refractivity contribution in [1.82, 2.24) is 10.2 Å². The Labute approximate surface area is 81.6 Å². The van der Waals surface area contributed by atoms with Gasteiger partial charge in [0.15, 0.2) is 0 Å². The molecular weight excluding hydrogens is 180 g/mol. The Bertz CT molecular complexity index is 431. The van der Waals surface area contributed by atoms with Crippen molar-refractivity contribution in [3.8, 4) is 0 Å². The lowest BCUT2D eigenvalue weighted by Gasteiger charge is -2.05. The Balaban J connectivity index is 2.78. The van der Waals surface area contributed by atoms with Crippen LogP contribution in [0, 0.1) is 6.92 Å². The molecule has 2 aromatic heterocycles. The summed E-state index contributed by atoms with van der Waals surface area (Å²) >= 11 is 1.75. The van der Waals surface area contributed by atoms with Crippen molar-refractivity contribution in [2.45, 2.75) is 26.7 Å². The summed E-state index contributed by atoms with van der Waals surface area (Å²) in [6, 6.07) is 2.12. The van der Waals surface area contributed by atoms with Crippen molar-refractivity contribution in [3.63, 3.8) is 0 Å². The Hall–Kier alpha value is -0.960. The maximum atomic E-state index is 4.24. The van der Waals surface area contributed by atoms with E-state index in [0.29, 0.717) is 5.92 Å². The summed E-state index contributed by atoms with van der Waals surface area (Å²) in [4.78, 5) is 0. The maximum absolute atomic E-state index is 4.24. The summed E-state index contributed by atoms with van der Waals surface area (Å²) in [5.74, 6) is 0.453. The lowest BCUT2D eigenvalue weighted by molar-refractivity contribution is 0.794. The van der Waals surface area contributed by atoms with Gasteiger partial charge in [0.1, 0.15) is 0 Å². The van der Waals surface area contributed by atoms with Crippen molar-refractivity contribution < 1.29 is 0 Å². The molecule has 0 amide bonds. The molecule has 0 aromatic carbocycles. The summed E-state index contributed by atoms with van der Waals surface area (Å²) in [6.07, 6.45) is 0. The van der Waals surface area contributed by atoms with Gasteiger partial charge in [-0.05, 0) is 24.3 Å². The lowest BCUT2D eigenvalue weighted by Crippen LogP contribution is -1.97. The zero-order chi connectivity index (χ0) is 9.42. The van der Waals surface area contributed by atoms with Crippen molar-refractivity contribution in [2.24, 2.45) is 0 Å². The molecule has 0 aliphatic heterocycles. The number of fused-ring (bicyclic) bond motifs is 1. The first kappa shape index (κ1) is 8.63. The first-order valence-electron chi connectivity index (χ1n) is 4.40. The molecule has 0 spiro atoms. The molecule has 13 heavy (non-hydrogen) atoms. The molecule has 3 heteroatoms. The minimum Gasteiger partial charge on any atom is -0.155 e. The SMILES string of the molecule is Cc1nnc(C(C)C)c2sccc12. The molecule has 2 nitrogen and oxygen atoms in total. The second kappa shape index (κ2) is 3.07. The van der Waals surface area contributed by atoms with E-state index in [1.807, 2.05) is 6.92 Å². The van der Waals surface area contributed by atoms with Gasteiger partial charge in [0.05, 0.1) is 16.1 Å². The van der Waals surface area contributed by atoms with Gasteiger partial charge in [0.25, 0.3) is 0 Å². The summed E-state index contributed by atoms with van der Waals surface area (Å²) in [5, 5.41) is 11.8. The van der Waals surface area contributed by atoms with Gasteiger partial charge in [-0.15, -0.1) is 11.3 Å². The Kier molecular flexibility index (Phi) is 2.04. The van der Waals surface area contributed by atoms with Gasteiger partial charge in [0, 0.05) is 5.39 Å². The standard InChI is InChI=1S/C10H12N2S/c1-6(2)9-10-8(4-5-13-10)7(3)11-12-9/h4-6H,1-3H3. The van der Waals surface area contributed by atoms with Crippen molar-refractivity contribution in [1.29, 1.82) is 0 Å². The second-order valence-electron chi connectivity index (χ2n) is 3.49. The van der Waals surface area contributed by atoms with Crippen LogP contribution in [0.2, 0.25) is 0 Å². The number of rotatable bonds is 1. The number of hydrogen-bond acceptors (Lipinski definition) is 3. The first-order valence-corrected chi connectivity index (χ1v) is 5.28. The van der Waals surface area contributed by atoms with Crippen LogP contribution in [0.5, 0.6) is 0 Å². The van der Waals surface area contributed by atoms with E-state index >= 15 is 0 Å². The highest BCUT2D eigenvalue weighted by atomic mass is 32.1. The molecule has 2 rings (SSSR count). The molecule has 0 radical (unpaired) electrons. The zero-order valence-electron chi connectivity index (χ0n) is 8.03. The molecule has 0 aliphatic rings. The third-order valence-corrected chi connectivity index (χ3v) is 3.08. The fraction of sp³-hybridized carbons (Fsp3) is 0.400. The summed E-state index contributed by atoms with van der Waals surface area (Å²) in [7, 11) is 0. The average Bonchev–Trinajstić information content (AvgIpc) is 2.53. The molecule has 2 aromatic rings. The molecule has 0 N–H and O–H groups in total. The summed E-state index contributed by atoms with van der Waals surface area (Å²) in [5.41, 5.74) is 2.15. The fourth-order valence-corrected chi connectivity index (χ4v) is 2.48.